The molecule has 0 aliphatic heterocycles. The molecule has 0 fully saturated rings. The number of carbonyl (C=O) groups is 1. The minimum absolute atomic E-state index is 0.197. The first-order chi connectivity index (χ1) is 6.79. The third-order valence-electron chi connectivity index (χ3n) is 2.46. The van der Waals surface area contributed by atoms with Gasteiger partial charge in [0.1, 0.15) is 0 Å². The van der Waals surface area contributed by atoms with Gasteiger partial charge >= 0.3 is 0 Å². The molecule has 0 saturated heterocycles. The second-order valence-corrected chi connectivity index (χ2v) is 3.45. The van der Waals surface area contributed by atoms with E-state index in [1.807, 2.05) is 26.8 Å². The summed E-state index contributed by atoms with van der Waals surface area (Å²) in [5.74, 6) is 0.509. The molecule has 1 heteroatoms. The van der Waals surface area contributed by atoms with Crippen LogP contribution >= 0.6 is 0 Å². The molecule has 1 unspecified atom stereocenters. The minimum atomic E-state index is 0.197. The normalized spacial score (nSPS) is 24.2. The van der Waals surface area contributed by atoms with Gasteiger partial charge in [-0.1, -0.05) is 45.1 Å². The summed E-state index contributed by atoms with van der Waals surface area (Å²) in [4.78, 5) is 11.5. The highest BCUT2D eigenvalue weighted by Crippen LogP contribution is 2.30. The molecule has 0 N–H and O–H groups in total. The van der Waals surface area contributed by atoms with E-state index in [2.05, 4.69) is 18.2 Å². The van der Waals surface area contributed by atoms with Gasteiger partial charge in [-0.2, -0.15) is 0 Å². The molecule has 0 spiro atoms. The van der Waals surface area contributed by atoms with Crippen LogP contribution in [0.25, 0.3) is 0 Å². The van der Waals surface area contributed by atoms with Gasteiger partial charge in [0, 0.05) is 11.5 Å². The molecule has 0 aromatic rings. The third-order valence-corrected chi connectivity index (χ3v) is 2.46. The molecule has 2 aliphatic rings. The predicted molar refractivity (Wildman–Crippen MR) is 60.1 cm³/mol. The van der Waals surface area contributed by atoms with E-state index >= 15 is 0 Å². The van der Waals surface area contributed by atoms with Crippen molar-refractivity contribution in [1.29, 1.82) is 0 Å². The quantitative estimate of drug-likeness (QED) is 0.572. The summed E-state index contributed by atoms with van der Waals surface area (Å²) < 4.78 is 0. The lowest BCUT2D eigenvalue weighted by Crippen LogP contribution is -2.04. The maximum Gasteiger partial charge on any atom is 0.166 e. The summed E-state index contributed by atoms with van der Waals surface area (Å²) in [5.41, 5.74) is 2.16. The number of ketones is 1. The topological polar surface area (TPSA) is 17.1 Å². The third kappa shape index (κ3) is 2.03. The van der Waals surface area contributed by atoms with E-state index < -0.39 is 0 Å². The van der Waals surface area contributed by atoms with Crippen molar-refractivity contribution in [2.45, 2.75) is 33.6 Å². The highest BCUT2D eigenvalue weighted by Gasteiger charge is 2.26. The lowest BCUT2D eigenvalue weighted by Gasteiger charge is -1.97. The lowest BCUT2D eigenvalue weighted by molar-refractivity contribution is -0.117. The maximum absolute atomic E-state index is 11.5. The van der Waals surface area contributed by atoms with Crippen molar-refractivity contribution in [3.63, 3.8) is 0 Å². The summed E-state index contributed by atoms with van der Waals surface area (Å²) in [6, 6.07) is 0. The zero-order valence-electron chi connectivity index (χ0n) is 9.21. The minimum Gasteiger partial charge on any atom is -0.294 e. The Kier molecular flexibility index (Phi) is 3.87. The Bertz CT molecular complexity index is 305. The Morgan fingerprint density at radius 3 is 2.57 bits per heavy atom. The van der Waals surface area contributed by atoms with E-state index in [1.165, 1.54) is 5.57 Å². The molecule has 0 heterocycles. The largest absolute Gasteiger partial charge is 0.294 e. The molecule has 2 rings (SSSR count). The molecule has 0 aromatic carbocycles. The molecule has 1 atom stereocenters. The first-order valence-corrected chi connectivity index (χ1v) is 5.39. The molecular weight excluding hydrogens is 172 g/mol. The van der Waals surface area contributed by atoms with Crippen LogP contribution in [-0.2, 0) is 4.79 Å². The van der Waals surface area contributed by atoms with Gasteiger partial charge in [-0.15, -0.1) is 0 Å². The summed E-state index contributed by atoms with van der Waals surface area (Å²) in [7, 11) is 0. The Morgan fingerprint density at radius 2 is 1.86 bits per heavy atom. The number of Topliss-reactive ketones (excluding diaryl/α,β-unsaturated/α-hetero) is 1. The highest BCUT2D eigenvalue weighted by atomic mass is 16.1. The van der Waals surface area contributed by atoms with E-state index in [0.29, 0.717) is 5.78 Å². The predicted octanol–water partition coefficient (Wildman–Crippen LogP) is 3.43. The first-order valence-electron chi connectivity index (χ1n) is 5.39. The molecular formula is C13H18O. The van der Waals surface area contributed by atoms with Crippen LogP contribution in [0.1, 0.15) is 33.6 Å². The summed E-state index contributed by atoms with van der Waals surface area (Å²) in [5, 5.41) is 0. The van der Waals surface area contributed by atoms with Crippen molar-refractivity contribution < 1.29 is 4.79 Å². The van der Waals surface area contributed by atoms with Crippen LogP contribution in [0, 0.1) is 5.92 Å². The maximum atomic E-state index is 11.5. The lowest BCUT2D eigenvalue weighted by atomic mass is 10.1. The summed E-state index contributed by atoms with van der Waals surface area (Å²) >= 11 is 0. The standard InChI is InChI=1S/C11H12O.C2H6/c1-8-7-9-5-3-2-4-6-10(9)11(8)12;1-2/h3-6,8H,2,7H2,1H3;1-2H3. The average molecular weight is 190 g/mol. The van der Waals surface area contributed by atoms with Crippen molar-refractivity contribution in [1.82, 2.24) is 0 Å². The van der Waals surface area contributed by atoms with Crippen LogP contribution in [0.15, 0.2) is 35.5 Å². The second kappa shape index (κ2) is 4.94. The number of hydrogen-bond donors (Lipinski definition) is 0. The Morgan fingerprint density at radius 1 is 1.21 bits per heavy atom. The average Bonchev–Trinajstić information content (AvgIpc) is 2.44. The van der Waals surface area contributed by atoms with Gasteiger partial charge in [-0.05, 0) is 18.4 Å². The van der Waals surface area contributed by atoms with E-state index in [0.717, 1.165) is 18.4 Å². The van der Waals surface area contributed by atoms with Gasteiger partial charge in [-0.25, -0.2) is 0 Å². The van der Waals surface area contributed by atoms with E-state index in [4.69, 9.17) is 0 Å². The van der Waals surface area contributed by atoms with Crippen molar-refractivity contribution in [3.8, 4) is 0 Å². The summed E-state index contributed by atoms with van der Waals surface area (Å²) in [6.45, 7) is 6.00. The first kappa shape index (κ1) is 11.0. The van der Waals surface area contributed by atoms with Crippen LogP contribution < -0.4 is 0 Å². The van der Waals surface area contributed by atoms with Crippen LogP contribution in [0.2, 0.25) is 0 Å². The van der Waals surface area contributed by atoms with Crippen LogP contribution in [-0.4, -0.2) is 5.78 Å². The number of carbonyl (C=O) groups excluding carboxylic acids is 1. The summed E-state index contributed by atoms with van der Waals surface area (Å²) in [6.07, 6.45) is 10.1. The van der Waals surface area contributed by atoms with Gasteiger partial charge in [-0.3, -0.25) is 4.79 Å². The zero-order chi connectivity index (χ0) is 10.6. The van der Waals surface area contributed by atoms with Crippen molar-refractivity contribution in [3.05, 3.63) is 35.5 Å². The van der Waals surface area contributed by atoms with E-state index in [-0.39, 0.29) is 5.92 Å². The van der Waals surface area contributed by atoms with Gasteiger partial charge < -0.3 is 0 Å². The van der Waals surface area contributed by atoms with Crippen molar-refractivity contribution >= 4 is 5.78 Å². The second-order valence-electron chi connectivity index (χ2n) is 3.45. The molecule has 0 saturated carbocycles. The monoisotopic (exact) mass is 190 g/mol. The number of allylic oxidation sites excluding steroid dienone is 6. The van der Waals surface area contributed by atoms with E-state index in [9.17, 15) is 4.79 Å². The smallest absolute Gasteiger partial charge is 0.166 e. The molecule has 76 valence electrons. The van der Waals surface area contributed by atoms with Crippen molar-refractivity contribution in [2.24, 2.45) is 5.92 Å². The van der Waals surface area contributed by atoms with Crippen LogP contribution in [0.5, 0.6) is 0 Å². The zero-order valence-corrected chi connectivity index (χ0v) is 9.21. The Balaban J connectivity index is 0.000000461. The molecule has 14 heavy (non-hydrogen) atoms. The van der Waals surface area contributed by atoms with Gasteiger partial charge in [0.15, 0.2) is 5.78 Å². The highest BCUT2D eigenvalue weighted by molar-refractivity contribution is 6.03. The number of rotatable bonds is 0. The van der Waals surface area contributed by atoms with Crippen LogP contribution in [0.4, 0.5) is 0 Å². The molecule has 0 aromatic heterocycles. The van der Waals surface area contributed by atoms with Crippen molar-refractivity contribution in [2.75, 3.05) is 0 Å². The van der Waals surface area contributed by atoms with Crippen LogP contribution in [0.3, 0.4) is 0 Å². The molecule has 0 radical (unpaired) electrons. The Labute approximate surface area is 86.2 Å². The molecule has 0 bridgehead atoms. The van der Waals surface area contributed by atoms with Gasteiger partial charge in [0.05, 0.1) is 0 Å². The molecule has 0 amide bonds. The van der Waals surface area contributed by atoms with Gasteiger partial charge in [0.2, 0.25) is 0 Å². The SMILES string of the molecule is CC.CC1CC2=C(C=CCC=C2)C1=O. The van der Waals surface area contributed by atoms with Gasteiger partial charge in [0.25, 0.3) is 0 Å². The van der Waals surface area contributed by atoms with E-state index in [1.54, 1.807) is 0 Å². The fourth-order valence-electron chi connectivity index (χ4n) is 1.78. The molecule has 2 aliphatic carbocycles. The molecule has 1 nitrogen and oxygen atoms in total. The number of hydrogen-bond acceptors (Lipinski definition) is 1. The fraction of sp³-hybridized carbons (Fsp3) is 0.462. The Hall–Kier alpha value is -1.11. The fourth-order valence-corrected chi connectivity index (χ4v) is 1.78.